The van der Waals surface area contributed by atoms with E-state index in [1.54, 1.807) is 11.6 Å². The van der Waals surface area contributed by atoms with Crippen molar-refractivity contribution in [3.8, 4) is 0 Å². The molecule has 7 nitrogen and oxygen atoms in total. The van der Waals surface area contributed by atoms with Gasteiger partial charge in [-0.1, -0.05) is 17.3 Å². The van der Waals surface area contributed by atoms with Crippen LogP contribution in [0.3, 0.4) is 0 Å². The molecule has 0 bridgehead atoms. The van der Waals surface area contributed by atoms with Gasteiger partial charge in [-0.05, 0) is 38.4 Å². The third-order valence-electron chi connectivity index (χ3n) is 4.82. The average molecular weight is 339 g/mol. The van der Waals surface area contributed by atoms with Crippen LogP contribution in [0.1, 0.15) is 36.2 Å². The first-order chi connectivity index (χ1) is 12.1. The number of hydrogen-bond donors (Lipinski definition) is 0. The Kier molecular flexibility index (Phi) is 4.09. The molecule has 3 aromatic rings. The molecule has 0 radical (unpaired) electrons. The monoisotopic (exact) mass is 339 g/mol. The molecule has 0 spiro atoms. The lowest BCUT2D eigenvalue weighted by Gasteiger charge is -2.30. The molecule has 1 fully saturated rings. The summed E-state index contributed by atoms with van der Waals surface area (Å²) in [5.41, 5.74) is 2.26. The summed E-state index contributed by atoms with van der Waals surface area (Å²) in [4.78, 5) is 23.9. The number of aryl methyl sites for hydroxylation is 2. The van der Waals surface area contributed by atoms with Gasteiger partial charge in [0.25, 0.3) is 5.56 Å². The fourth-order valence-corrected chi connectivity index (χ4v) is 3.53. The molecule has 1 aromatic carbocycles. The summed E-state index contributed by atoms with van der Waals surface area (Å²) < 4.78 is 7.01. The van der Waals surface area contributed by atoms with Crippen molar-refractivity contribution in [3.63, 3.8) is 0 Å². The Hall–Kier alpha value is -2.54. The molecule has 0 aliphatic carbocycles. The molecule has 1 saturated heterocycles. The minimum atomic E-state index is -0.0329. The third kappa shape index (κ3) is 3.07. The van der Waals surface area contributed by atoms with E-state index in [0.29, 0.717) is 24.0 Å². The minimum absolute atomic E-state index is 0.0329. The van der Waals surface area contributed by atoms with Crippen molar-refractivity contribution >= 4 is 11.0 Å². The smallest absolute Gasteiger partial charge is 0.273 e. The van der Waals surface area contributed by atoms with Crippen LogP contribution in [0.25, 0.3) is 11.0 Å². The van der Waals surface area contributed by atoms with Gasteiger partial charge in [0, 0.05) is 20.1 Å². The van der Waals surface area contributed by atoms with Gasteiger partial charge >= 0.3 is 0 Å². The fraction of sp³-hybridized carbons (Fsp3) is 0.444. The van der Waals surface area contributed by atoms with E-state index in [2.05, 4.69) is 20.0 Å². The normalized spacial score (nSPS) is 18.7. The summed E-state index contributed by atoms with van der Waals surface area (Å²) in [6, 6.07) is 7.73. The molecule has 7 heteroatoms. The van der Waals surface area contributed by atoms with Crippen LogP contribution < -0.4 is 5.56 Å². The Balaban J connectivity index is 1.58. The van der Waals surface area contributed by atoms with E-state index in [4.69, 9.17) is 4.52 Å². The Morgan fingerprint density at radius 3 is 2.92 bits per heavy atom. The lowest BCUT2D eigenvalue weighted by atomic mass is 9.98. The van der Waals surface area contributed by atoms with Crippen LogP contribution in [0.4, 0.5) is 0 Å². The largest absolute Gasteiger partial charge is 0.339 e. The van der Waals surface area contributed by atoms with Crippen molar-refractivity contribution in [1.29, 1.82) is 0 Å². The maximum absolute atomic E-state index is 12.6. The van der Waals surface area contributed by atoms with Crippen molar-refractivity contribution in [3.05, 3.63) is 52.0 Å². The molecule has 0 unspecified atom stereocenters. The maximum atomic E-state index is 12.6. The highest BCUT2D eigenvalue weighted by Gasteiger charge is 2.26. The number of aromatic nitrogens is 4. The van der Waals surface area contributed by atoms with E-state index in [9.17, 15) is 4.79 Å². The number of para-hydroxylation sites is 2. The molecular formula is C18H21N5O2. The number of likely N-dealkylation sites (tertiary alicyclic amines) is 1. The van der Waals surface area contributed by atoms with Crippen LogP contribution in [-0.2, 0) is 13.6 Å². The van der Waals surface area contributed by atoms with Gasteiger partial charge in [0.15, 0.2) is 5.82 Å². The Bertz CT molecular complexity index is 961. The molecule has 25 heavy (non-hydrogen) atoms. The molecule has 1 aliphatic heterocycles. The highest BCUT2D eigenvalue weighted by Crippen LogP contribution is 2.26. The van der Waals surface area contributed by atoms with Crippen LogP contribution >= 0.6 is 0 Å². The second kappa shape index (κ2) is 6.40. The Morgan fingerprint density at radius 1 is 1.28 bits per heavy atom. The van der Waals surface area contributed by atoms with Crippen molar-refractivity contribution < 1.29 is 4.52 Å². The summed E-state index contributed by atoms with van der Waals surface area (Å²) in [7, 11) is 1.80. The van der Waals surface area contributed by atoms with Gasteiger partial charge < -0.3 is 9.09 Å². The SMILES string of the molecule is Cc1noc([C@@H]2CCCN(Cc3nc4ccccc4n(C)c3=O)C2)n1. The van der Waals surface area contributed by atoms with Crippen LogP contribution in [-0.4, -0.2) is 37.7 Å². The van der Waals surface area contributed by atoms with Gasteiger partial charge in [-0.25, -0.2) is 4.98 Å². The lowest BCUT2D eigenvalue weighted by molar-refractivity contribution is 0.178. The van der Waals surface area contributed by atoms with Gasteiger partial charge in [0.1, 0.15) is 5.69 Å². The van der Waals surface area contributed by atoms with Crippen LogP contribution in [0.2, 0.25) is 0 Å². The van der Waals surface area contributed by atoms with E-state index >= 15 is 0 Å². The number of benzene rings is 1. The second-order valence-electron chi connectivity index (χ2n) is 6.67. The van der Waals surface area contributed by atoms with Gasteiger partial charge in [-0.2, -0.15) is 4.98 Å². The molecule has 130 valence electrons. The first-order valence-electron chi connectivity index (χ1n) is 8.59. The van der Waals surface area contributed by atoms with E-state index in [1.165, 1.54) is 0 Å². The quantitative estimate of drug-likeness (QED) is 0.726. The summed E-state index contributed by atoms with van der Waals surface area (Å²) in [5, 5.41) is 3.89. The Labute approximate surface area is 145 Å². The Morgan fingerprint density at radius 2 is 2.12 bits per heavy atom. The van der Waals surface area contributed by atoms with Crippen molar-refractivity contribution in [2.45, 2.75) is 32.2 Å². The summed E-state index contributed by atoms with van der Waals surface area (Å²) in [5.74, 6) is 1.58. The van der Waals surface area contributed by atoms with Crippen LogP contribution in [0.5, 0.6) is 0 Å². The number of rotatable bonds is 3. The van der Waals surface area contributed by atoms with Gasteiger partial charge in [0.05, 0.1) is 17.0 Å². The average Bonchev–Trinajstić information content (AvgIpc) is 3.06. The van der Waals surface area contributed by atoms with Gasteiger partial charge in [0.2, 0.25) is 5.89 Å². The highest BCUT2D eigenvalue weighted by atomic mass is 16.5. The van der Waals surface area contributed by atoms with Crippen molar-refractivity contribution in [2.24, 2.45) is 7.05 Å². The maximum Gasteiger partial charge on any atom is 0.273 e. The molecule has 4 rings (SSSR count). The standard InChI is InChI=1S/C18H21N5O2/c1-12-19-17(25-21-12)13-6-5-9-23(10-13)11-15-18(24)22(2)16-8-4-3-7-14(16)20-15/h3-4,7-8,13H,5-6,9-11H2,1-2H3/t13-/m1/s1. The third-order valence-corrected chi connectivity index (χ3v) is 4.82. The topological polar surface area (TPSA) is 77.0 Å². The van der Waals surface area contributed by atoms with E-state index in [-0.39, 0.29) is 11.5 Å². The van der Waals surface area contributed by atoms with Crippen molar-refractivity contribution in [1.82, 2.24) is 24.6 Å². The fourth-order valence-electron chi connectivity index (χ4n) is 3.53. The first-order valence-corrected chi connectivity index (χ1v) is 8.59. The van der Waals surface area contributed by atoms with Crippen LogP contribution in [0, 0.1) is 6.92 Å². The molecule has 1 aliphatic rings. The number of nitrogens with zero attached hydrogens (tertiary/aromatic N) is 5. The first kappa shape index (κ1) is 16.0. The second-order valence-corrected chi connectivity index (χ2v) is 6.67. The van der Waals surface area contributed by atoms with Crippen molar-refractivity contribution in [2.75, 3.05) is 13.1 Å². The molecule has 1 atom stereocenters. The lowest BCUT2D eigenvalue weighted by Crippen LogP contribution is -2.37. The zero-order valence-electron chi connectivity index (χ0n) is 14.5. The molecular weight excluding hydrogens is 318 g/mol. The van der Waals surface area contributed by atoms with Gasteiger partial charge in [-0.15, -0.1) is 0 Å². The van der Waals surface area contributed by atoms with Crippen LogP contribution in [0.15, 0.2) is 33.6 Å². The number of fused-ring (bicyclic) bond motifs is 1. The van der Waals surface area contributed by atoms with E-state index in [0.717, 1.165) is 37.0 Å². The molecule has 0 saturated carbocycles. The van der Waals surface area contributed by atoms with E-state index < -0.39 is 0 Å². The molecule has 0 amide bonds. The van der Waals surface area contributed by atoms with Gasteiger partial charge in [-0.3, -0.25) is 9.69 Å². The minimum Gasteiger partial charge on any atom is -0.339 e. The molecule has 2 aromatic heterocycles. The number of piperidine rings is 1. The summed E-state index contributed by atoms with van der Waals surface area (Å²) in [6.45, 7) is 4.12. The molecule has 3 heterocycles. The zero-order valence-corrected chi connectivity index (χ0v) is 14.5. The predicted octanol–water partition coefficient (Wildman–Crippen LogP) is 2.00. The zero-order chi connectivity index (χ0) is 17.4. The predicted molar refractivity (Wildman–Crippen MR) is 93.3 cm³/mol. The number of hydrogen-bond acceptors (Lipinski definition) is 6. The summed E-state index contributed by atoms with van der Waals surface area (Å²) >= 11 is 0. The van der Waals surface area contributed by atoms with E-state index in [1.807, 2.05) is 31.2 Å². The molecule has 0 N–H and O–H groups in total. The highest BCUT2D eigenvalue weighted by molar-refractivity contribution is 5.74. The summed E-state index contributed by atoms with van der Waals surface area (Å²) in [6.07, 6.45) is 2.07.